The van der Waals surface area contributed by atoms with Crippen LogP contribution in [0.5, 0.6) is 0 Å². The fourth-order valence-corrected chi connectivity index (χ4v) is 7.58. The van der Waals surface area contributed by atoms with Gasteiger partial charge in [-0.25, -0.2) is 8.78 Å². The Morgan fingerprint density at radius 2 is 1.82 bits per heavy atom. The number of amides is 1. The van der Waals surface area contributed by atoms with Gasteiger partial charge in [0.2, 0.25) is 0 Å². The Kier molecular flexibility index (Phi) is 10.4. The van der Waals surface area contributed by atoms with Gasteiger partial charge in [0, 0.05) is 43.7 Å². The SMILES string of the molecule is CCN([S+]([O-])c1ccc(-c2cc(C(=O)NC3CCOCC3)c(C)n2CC2CCCCC2)cc1C(F)F)C(C)(C)C. The van der Waals surface area contributed by atoms with E-state index in [1.54, 1.807) is 16.4 Å². The van der Waals surface area contributed by atoms with E-state index < -0.39 is 23.3 Å². The summed E-state index contributed by atoms with van der Waals surface area (Å²) in [5.41, 5.74) is 2.11. The van der Waals surface area contributed by atoms with E-state index in [-0.39, 0.29) is 22.4 Å². The minimum atomic E-state index is -2.78. The largest absolute Gasteiger partial charge is 0.593 e. The van der Waals surface area contributed by atoms with Gasteiger partial charge in [-0.05, 0) is 96.0 Å². The average molecular weight is 578 g/mol. The Morgan fingerprint density at radius 3 is 2.42 bits per heavy atom. The van der Waals surface area contributed by atoms with E-state index in [4.69, 9.17) is 4.74 Å². The molecule has 1 atom stereocenters. The number of rotatable bonds is 9. The molecule has 1 saturated carbocycles. The summed E-state index contributed by atoms with van der Waals surface area (Å²) in [6.07, 6.45) is 4.65. The van der Waals surface area contributed by atoms with Gasteiger partial charge >= 0.3 is 0 Å². The maximum Gasteiger partial charge on any atom is 0.268 e. The summed E-state index contributed by atoms with van der Waals surface area (Å²) < 4.78 is 51.7. The molecule has 0 radical (unpaired) electrons. The van der Waals surface area contributed by atoms with Crippen LogP contribution in [0.4, 0.5) is 8.78 Å². The first kappa shape index (κ1) is 31.0. The Labute approximate surface area is 241 Å². The van der Waals surface area contributed by atoms with Crippen molar-refractivity contribution in [2.75, 3.05) is 19.8 Å². The molecule has 1 amide bonds. The van der Waals surface area contributed by atoms with Gasteiger partial charge in [0.1, 0.15) is 0 Å². The third kappa shape index (κ3) is 7.09. The van der Waals surface area contributed by atoms with Crippen LogP contribution in [0.25, 0.3) is 11.3 Å². The van der Waals surface area contributed by atoms with Gasteiger partial charge in [0.25, 0.3) is 12.3 Å². The average Bonchev–Trinajstić information content (AvgIpc) is 3.24. The molecular weight excluding hydrogens is 532 g/mol. The van der Waals surface area contributed by atoms with Crippen LogP contribution in [-0.2, 0) is 22.6 Å². The predicted molar refractivity (Wildman–Crippen MR) is 156 cm³/mol. The molecule has 2 fully saturated rings. The van der Waals surface area contributed by atoms with Crippen molar-refractivity contribution in [3.05, 3.63) is 41.1 Å². The first-order valence-electron chi connectivity index (χ1n) is 14.7. The van der Waals surface area contributed by atoms with E-state index in [2.05, 4.69) is 9.88 Å². The van der Waals surface area contributed by atoms with Gasteiger partial charge in [-0.15, -0.1) is 4.31 Å². The highest BCUT2D eigenvalue weighted by Crippen LogP contribution is 2.37. The van der Waals surface area contributed by atoms with E-state index in [9.17, 15) is 18.1 Å². The highest BCUT2D eigenvalue weighted by molar-refractivity contribution is 7.89. The van der Waals surface area contributed by atoms with Crippen molar-refractivity contribution in [1.82, 2.24) is 14.2 Å². The van der Waals surface area contributed by atoms with Crippen LogP contribution < -0.4 is 5.32 Å². The first-order chi connectivity index (χ1) is 19.0. The number of aromatic nitrogens is 1. The number of halogens is 2. The number of carbonyl (C=O) groups is 1. The van der Waals surface area contributed by atoms with Gasteiger partial charge in [-0.3, -0.25) is 4.79 Å². The molecule has 40 heavy (non-hydrogen) atoms. The molecule has 2 aromatic rings. The normalized spacial score (nSPS) is 18.4. The molecular formula is C31H45F2N3O3S. The first-order valence-corrected chi connectivity index (χ1v) is 15.8. The van der Waals surface area contributed by atoms with E-state index in [0.29, 0.717) is 36.8 Å². The zero-order chi connectivity index (χ0) is 29.0. The molecule has 9 heteroatoms. The summed E-state index contributed by atoms with van der Waals surface area (Å²) in [6, 6.07) is 6.75. The lowest BCUT2D eigenvalue weighted by atomic mass is 9.89. The third-order valence-electron chi connectivity index (χ3n) is 8.30. The van der Waals surface area contributed by atoms with Crippen molar-refractivity contribution in [2.24, 2.45) is 5.92 Å². The van der Waals surface area contributed by atoms with E-state index in [1.165, 1.54) is 25.3 Å². The Hall–Kier alpha value is -1.94. The molecule has 2 aliphatic rings. The van der Waals surface area contributed by atoms with Gasteiger partial charge in [-0.1, -0.05) is 19.3 Å². The maximum absolute atomic E-state index is 14.5. The Bertz CT molecular complexity index is 1150. The van der Waals surface area contributed by atoms with Crippen LogP contribution >= 0.6 is 0 Å². The molecule has 0 bridgehead atoms. The topological polar surface area (TPSA) is 69.6 Å². The van der Waals surface area contributed by atoms with Crippen LogP contribution in [0.2, 0.25) is 0 Å². The minimum absolute atomic E-state index is 0.0646. The Morgan fingerprint density at radius 1 is 1.15 bits per heavy atom. The van der Waals surface area contributed by atoms with Crippen LogP contribution in [0.3, 0.4) is 0 Å². The number of ether oxygens (including phenoxy) is 1. The fraction of sp³-hybridized carbons (Fsp3) is 0.645. The number of nitrogens with one attached hydrogen (secondary N) is 1. The summed E-state index contributed by atoms with van der Waals surface area (Å²) in [5, 5.41) is 3.16. The molecule has 1 saturated heterocycles. The second-order valence-electron chi connectivity index (χ2n) is 12.2. The second kappa shape index (κ2) is 13.4. The van der Waals surface area contributed by atoms with Crippen molar-refractivity contribution in [1.29, 1.82) is 0 Å². The standard InChI is InChI=1S/C31H45F2N3O3S/c1-6-36(31(3,4)5)40(38)28-13-12-23(18-26(28)29(32)33)27-19-25(30(37)34-24-14-16-39-17-15-24)21(2)35(27)20-22-10-8-7-9-11-22/h12-13,18-19,22,24,29H,6-11,14-17,20H2,1-5H3,(H,34,37). The van der Waals surface area contributed by atoms with Crippen molar-refractivity contribution >= 4 is 17.3 Å². The van der Waals surface area contributed by atoms with Gasteiger partial charge < -0.3 is 19.2 Å². The smallest absolute Gasteiger partial charge is 0.268 e. The number of alkyl halides is 2. The van der Waals surface area contributed by atoms with E-state index in [0.717, 1.165) is 43.6 Å². The predicted octanol–water partition coefficient (Wildman–Crippen LogP) is 7.03. The fourth-order valence-electron chi connectivity index (χ4n) is 6.08. The molecule has 1 N–H and O–H groups in total. The third-order valence-corrected chi connectivity index (χ3v) is 10.3. The molecule has 2 heterocycles. The number of nitrogens with zero attached hydrogens (tertiary/aromatic N) is 2. The molecule has 1 aliphatic carbocycles. The van der Waals surface area contributed by atoms with Crippen molar-refractivity contribution < 1.29 is 22.9 Å². The summed E-state index contributed by atoms with van der Waals surface area (Å²) in [5.74, 6) is 0.347. The van der Waals surface area contributed by atoms with Crippen LogP contribution in [0.15, 0.2) is 29.2 Å². The lowest BCUT2D eigenvalue weighted by Gasteiger charge is -2.34. The molecule has 0 spiro atoms. The minimum Gasteiger partial charge on any atom is -0.593 e. The quantitative estimate of drug-likeness (QED) is 0.325. The van der Waals surface area contributed by atoms with Crippen LogP contribution in [0, 0.1) is 12.8 Å². The summed E-state index contributed by atoms with van der Waals surface area (Å²) in [4.78, 5) is 13.5. The zero-order valence-electron chi connectivity index (χ0n) is 24.6. The zero-order valence-corrected chi connectivity index (χ0v) is 25.4. The molecule has 4 rings (SSSR count). The Balaban J connectivity index is 1.74. The number of carbonyl (C=O) groups excluding carboxylic acids is 1. The lowest BCUT2D eigenvalue weighted by molar-refractivity contribution is 0.0696. The second-order valence-corrected chi connectivity index (χ2v) is 13.6. The summed E-state index contributed by atoms with van der Waals surface area (Å²) in [7, 11) is 0. The van der Waals surface area contributed by atoms with Gasteiger partial charge in [0.05, 0.1) is 28.0 Å². The number of hydrogen-bond acceptors (Lipinski definition) is 4. The molecule has 1 aliphatic heterocycles. The maximum atomic E-state index is 14.5. The molecule has 1 unspecified atom stereocenters. The number of hydrogen-bond donors (Lipinski definition) is 1. The van der Waals surface area contributed by atoms with Crippen molar-refractivity contribution in [2.45, 2.75) is 109 Å². The highest BCUT2D eigenvalue weighted by Gasteiger charge is 2.35. The highest BCUT2D eigenvalue weighted by atomic mass is 32.2. The lowest BCUT2D eigenvalue weighted by Crippen LogP contribution is -2.45. The van der Waals surface area contributed by atoms with Crippen molar-refractivity contribution in [3.8, 4) is 11.3 Å². The van der Waals surface area contributed by atoms with E-state index >= 15 is 0 Å². The summed E-state index contributed by atoms with van der Waals surface area (Å²) in [6.45, 7) is 12.1. The van der Waals surface area contributed by atoms with Gasteiger partial charge in [0.15, 0.2) is 4.90 Å². The molecule has 1 aromatic carbocycles. The number of benzene rings is 1. The molecule has 6 nitrogen and oxygen atoms in total. The van der Waals surface area contributed by atoms with Crippen LogP contribution in [0.1, 0.15) is 101 Å². The molecule has 222 valence electrons. The van der Waals surface area contributed by atoms with Crippen molar-refractivity contribution in [3.63, 3.8) is 0 Å². The summed E-state index contributed by atoms with van der Waals surface area (Å²) >= 11 is -1.74. The van der Waals surface area contributed by atoms with E-state index in [1.807, 2.05) is 40.7 Å². The van der Waals surface area contributed by atoms with Gasteiger partial charge in [-0.2, -0.15) is 0 Å². The molecule has 1 aromatic heterocycles. The van der Waals surface area contributed by atoms with Crippen LogP contribution in [-0.4, -0.2) is 50.7 Å². The monoisotopic (exact) mass is 577 g/mol.